The Kier molecular flexibility index (Phi) is 4.85. The first-order valence-electron chi connectivity index (χ1n) is 6.40. The quantitative estimate of drug-likeness (QED) is 0.861. The molecule has 2 rings (SSSR count). The van der Waals surface area contributed by atoms with Crippen molar-refractivity contribution in [1.29, 1.82) is 0 Å². The summed E-state index contributed by atoms with van der Waals surface area (Å²) < 4.78 is 5.30. The zero-order valence-corrected chi connectivity index (χ0v) is 11.6. The molecule has 0 bridgehead atoms. The van der Waals surface area contributed by atoms with E-state index in [0.29, 0.717) is 16.6 Å². The zero-order valence-electron chi connectivity index (χ0n) is 10.7. The first-order chi connectivity index (χ1) is 9.13. The molecule has 0 aromatic heterocycles. The van der Waals surface area contributed by atoms with Gasteiger partial charge in [-0.3, -0.25) is 0 Å². The van der Waals surface area contributed by atoms with E-state index in [0.717, 1.165) is 26.1 Å². The van der Waals surface area contributed by atoms with Gasteiger partial charge in [0, 0.05) is 24.2 Å². The molecule has 1 aliphatic heterocycles. The maximum absolute atomic E-state index is 11.5. The number of thioether (sulfide) groups is 1. The lowest BCUT2D eigenvalue weighted by atomic mass is 9.93. The predicted molar refractivity (Wildman–Crippen MR) is 76.2 cm³/mol. The second kappa shape index (κ2) is 6.41. The summed E-state index contributed by atoms with van der Waals surface area (Å²) in [7, 11) is 0. The first kappa shape index (κ1) is 14.4. The minimum Gasteiger partial charge on any atom is -0.480 e. The minimum atomic E-state index is -1.32. The smallest absolute Gasteiger partial charge is 0.329 e. The number of hydrogen-bond donors (Lipinski definition) is 2. The van der Waals surface area contributed by atoms with Crippen LogP contribution in [0.25, 0.3) is 0 Å². The molecule has 1 saturated heterocycles. The van der Waals surface area contributed by atoms with Crippen LogP contribution >= 0.6 is 11.8 Å². The summed E-state index contributed by atoms with van der Waals surface area (Å²) in [6.45, 7) is 1.52. The average Bonchev–Trinajstić information content (AvgIpc) is 2.46. The second-order valence-electron chi connectivity index (χ2n) is 4.77. The van der Waals surface area contributed by atoms with Crippen molar-refractivity contribution >= 4 is 17.7 Å². The largest absolute Gasteiger partial charge is 0.480 e. The molecule has 3 N–H and O–H groups in total. The van der Waals surface area contributed by atoms with Crippen molar-refractivity contribution in [2.75, 3.05) is 19.0 Å². The van der Waals surface area contributed by atoms with Gasteiger partial charge in [-0.2, -0.15) is 11.8 Å². The fourth-order valence-electron chi connectivity index (χ4n) is 2.10. The molecule has 104 valence electrons. The van der Waals surface area contributed by atoms with Gasteiger partial charge < -0.3 is 15.6 Å². The van der Waals surface area contributed by atoms with Crippen LogP contribution in [0.5, 0.6) is 0 Å². The standard InChI is InChI=1S/C14H19NO3S/c15-14(13(16)17,11-4-2-1-3-5-11)10-19-12-6-8-18-9-7-12/h1-5,12H,6-10,15H2,(H,16,17). The molecule has 1 aromatic carbocycles. The predicted octanol–water partition coefficient (Wildman–Crippen LogP) is 1.84. The first-order valence-corrected chi connectivity index (χ1v) is 7.45. The molecule has 4 nitrogen and oxygen atoms in total. The van der Waals surface area contributed by atoms with E-state index in [2.05, 4.69) is 0 Å². The Labute approximate surface area is 117 Å². The molecule has 1 fully saturated rings. The Morgan fingerprint density at radius 3 is 2.58 bits per heavy atom. The molecule has 1 atom stereocenters. The molecule has 0 spiro atoms. The fraction of sp³-hybridized carbons (Fsp3) is 0.500. The number of hydrogen-bond acceptors (Lipinski definition) is 4. The molecule has 0 amide bonds. The van der Waals surface area contributed by atoms with Gasteiger partial charge in [0.2, 0.25) is 0 Å². The summed E-state index contributed by atoms with van der Waals surface area (Å²) in [5.74, 6) is -0.588. The summed E-state index contributed by atoms with van der Waals surface area (Å²) in [6, 6.07) is 9.05. The van der Waals surface area contributed by atoms with Crippen molar-refractivity contribution < 1.29 is 14.6 Å². The van der Waals surface area contributed by atoms with Gasteiger partial charge in [0.05, 0.1) is 0 Å². The number of carboxylic acid groups (broad SMARTS) is 1. The molecule has 0 radical (unpaired) electrons. The van der Waals surface area contributed by atoms with Crippen LogP contribution < -0.4 is 5.73 Å². The highest BCUT2D eigenvalue weighted by Crippen LogP contribution is 2.29. The Morgan fingerprint density at radius 1 is 1.37 bits per heavy atom. The minimum absolute atomic E-state index is 0.386. The highest BCUT2D eigenvalue weighted by molar-refractivity contribution is 8.00. The Morgan fingerprint density at radius 2 is 2.00 bits per heavy atom. The number of aliphatic carboxylic acids is 1. The number of carboxylic acids is 1. The Hall–Kier alpha value is -1.04. The average molecular weight is 281 g/mol. The van der Waals surface area contributed by atoms with Gasteiger partial charge in [0.1, 0.15) is 5.54 Å². The molecular weight excluding hydrogens is 262 g/mol. The molecule has 1 heterocycles. The van der Waals surface area contributed by atoms with Crippen LogP contribution in [-0.4, -0.2) is 35.3 Å². The summed E-state index contributed by atoms with van der Waals surface area (Å²) in [5.41, 5.74) is 5.47. The number of nitrogens with two attached hydrogens (primary N) is 1. The van der Waals surface area contributed by atoms with Crippen molar-refractivity contribution in [3.05, 3.63) is 35.9 Å². The third-order valence-electron chi connectivity index (χ3n) is 3.39. The SMILES string of the molecule is NC(CSC1CCOCC1)(C(=O)O)c1ccccc1. The van der Waals surface area contributed by atoms with E-state index in [9.17, 15) is 9.90 Å². The topological polar surface area (TPSA) is 72.5 Å². The maximum atomic E-state index is 11.5. The van der Waals surface area contributed by atoms with Gasteiger partial charge in [0.25, 0.3) is 0 Å². The molecule has 1 aliphatic rings. The zero-order chi connectivity index (χ0) is 13.7. The number of carbonyl (C=O) groups is 1. The van der Waals surface area contributed by atoms with Gasteiger partial charge in [-0.25, -0.2) is 4.79 Å². The monoisotopic (exact) mass is 281 g/mol. The van der Waals surface area contributed by atoms with Gasteiger partial charge >= 0.3 is 5.97 Å². The van der Waals surface area contributed by atoms with Crippen LogP contribution in [0.3, 0.4) is 0 Å². The van der Waals surface area contributed by atoms with Crippen LogP contribution in [-0.2, 0) is 15.1 Å². The van der Waals surface area contributed by atoms with Crippen LogP contribution in [0.2, 0.25) is 0 Å². The highest BCUT2D eigenvalue weighted by Gasteiger charge is 2.36. The molecule has 5 heteroatoms. The molecular formula is C14H19NO3S. The van der Waals surface area contributed by atoms with Crippen molar-refractivity contribution in [3.63, 3.8) is 0 Å². The second-order valence-corrected chi connectivity index (χ2v) is 6.05. The summed E-state index contributed by atoms with van der Waals surface area (Å²) >= 11 is 1.64. The van der Waals surface area contributed by atoms with E-state index in [4.69, 9.17) is 10.5 Å². The van der Waals surface area contributed by atoms with Gasteiger partial charge in [-0.15, -0.1) is 0 Å². The number of benzene rings is 1. The van der Waals surface area contributed by atoms with Gasteiger partial charge in [0.15, 0.2) is 0 Å². The van der Waals surface area contributed by atoms with Crippen LogP contribution in [0, 0.1) is 0 Å². The summed E-state index contributed by atoms with van der Waals surface area (Å²) in [4.78, 5) is 11.5. The summed E-state index contributed by atoms with van der Waals surface area (Å²) in [6.07, 6.45) is 1.93. The molecule has 19 heavy (non-hydrogen) atoms. The van der Waals surface area contributed by atoms with E-state index in [1.807, 2.05) is 18.2 Å². The fourth-order valence-corrected chi connectivity index (χ4v) is 3.41. The molecule has 1 aromatic rings. The normalized spacial score (nSPS) is 19.8. The van der Waals surface area contributed by atoms with E-state index >= 15 is 0 Å². The van der Waals surface area contributed by atoms with Crippen molar-refractivity contribution in [1.82, 2.24) is 0 Å². The Balaban J connectivity index is 2.05. The van der Waals surface area contributed by atoms with Crippen LogP contribution in [0.15, 0.2) is 30.3 Å². The molecule has 0 aliphatic carbocycles. The van der Waals surface area contributed by atoms with E-state index < -0.39 is 11.5 Å². The van der Waals surface area contributed by atoms with Crippen LogP contribution in [0.1, 0.15) is 18.4 Å². The lowest BCUT2D eigenvalue weighted by molar-refractivity contribution is -0.142. The van der Waals surface area contributed by atoms with Crippen molar-refractivity contribution in [3.8, 4) is 0 Å². The lowest BCUT2D eigenvalue weighted by Crippen LogP contribution is -2.47. The van der Waals surface area contributed by atoms with Crippen molar-refractivity contribution in [2.45, 2.75) is 23.6 Å². The van der Waals surface area contributed by atoms with E-state index in [1.54, 1.807) is 23.9 Å². The Bertz CT molecular complexity index is 420. The van der Waals surface area contributed by atoms with E-state index in [-0.39, 0.29) is 0 Å². The van der Waals surface area contributed by atoms with Crippen LogP contribution in [0.4, 0.5) is 0 Å². The lowest BCUT2D eigenvalue weighted by Gasteiger charge is -2.28. The highest BCUT2D eigenvalue weighted by atomic mass is 32.2. The molecule has 0 saturated carbocycles. The molecule has 1 unspecified atom stereocenters. The third-order valence-corrected chi connectivity index (χ3v) is 4.95. The van der Waals surface area contributed by atoms with Gasteiger partial charge in [-0.1, -0.05) is 30.3 Å². The third kappa shape index (κ3) is 3.49. The summed E-state index contributed by atoms with van der Waals surface area (Å²) in [5, 5.41) is 9.90. The maximum Gasteiger partial charge on any atom is 0.329 e. The number of ether oxygens (including phenoxy) is 1. The van der Waals surface area contributed by atoms with Crippen molar-refractivity contribution in [2.24, 2.45) is 5.73 Å². The van der Waals surface area contributed by atoms with E-state index in [1.165, 1.54) is 0 Å². The number of rotatable bonds is 5. The van der Waals surface area contributed by atoms with Gasteiger partial charge in [-0.05, 0) is 18.4 Å².